The predicted octanol–water partition coefficient (Wildman–Crippen LogP) is 2.51. The van der Waals surface area contributed by atoms with Crippen LogP contribution in [0, 0.1) is 0 Å². The summed E-state index contributed by atoms with van der Waals surface area (Å²) >= 11 is 1.80. The molecule has 1 spiro atoms. The van der Waals surface area contributed by atoms with Crippen molar-refractivity contribution in [1.82, 2.24) is 14.7 Å². The smallest absolute Gasteiger partial charge is 0.0825 e. The maximum Gasteiger partial charge on any atom is 0.0825 e. The number of likely N-dealkylation sites (N-methyl/N-ethyl adjacent to an activating group) is 1. The highest BCUT2D eigenvalue weighted by Gasteiger charge is 2.43. The van der Waals surface area contributed by atoms with E-state index in [1.54, 1.807) is 11.3 Å². The van der Waals surface area contributed by atoms with Crippen LogP contribution in [-0.2, 0) is 11.3 Å². The molecular weight excluding hydrogens is 318 g/mol. The van der Waals surface area contributed by atoms with Gasteiger partial charge in [-0.05, 0) is 55.1 Å². The molecule has 3 aliphatic heterocycles. The lowest BCUT2D eigenvalue weighted by molar-refractivity contribution is -0.130. The van der Waals surface area contributed by atoms with Gasteiger partial charge in [-0.15, -0.1) is 0 Å². The first kappa shape index (κ1) is 17.0. The topological polar surface area (TPSA) is 19.0 Å². The molecule has 3 saturated heterocycles. The largest absolute Gasteiger partial charge is 0.369 e. The fraction of sp³-hybridized carbons (Fsp3) is 0.789. The standard InChI is InChI=1S/C19H31N3OS/c1-20-8-10-21(11-9-20)14-18-3-2-5-19(23-18)6-7-22(16-19)13-17-4-12-24-15-17/h4,12,15,18H,2-3,5-11,13-14,16H2,1H3/t18-,19-/m0/s1. The zero-order valence-corrected chi connectivity index (χ0v) is 15.8. The summed E-state index contributed by atoms with van der Waals surface area (Å²) in [6.45, 7) is 9.36. The van der Waals surface area contributed by atoms with Crippen LogP contribution in [0.3, 0.4) is 0 Å². The molecule has 1 aromatic heterocycles. The van der Waals surface area contributed by atoms with Gasteiger partial charge in [0, 0.05) is 52.4 Å². The number of nitrogens with zero attached hydrogens (tertiary/aromatic N) is 3. The van der Waals surface area contributed by atoms with Crippen LogP contribution in [-0.4, -0.2) is 79.3 Å². The SMILES string of the molecule is CN1CCN(C[C@@H]2CCC[C@@]3(CCN(Cc4ccsc4)C3)O2)CC1. The van der Waals surface area contributed by atoms with E-state index in [-0.39, 0.29) is 5.60 Å². The molecule has 0 amide bonds. The molecule has 2 atom stereocenters. The lowest BCUT2D eigenvalue weighted by Gasteiger charge is -2.42. The lowest BCUT2D eigenvalue weighted by atomic mass is 9.90. The Morgan fingerprint density at radius 1 is 1.17 bits per heavy atom. The van der Waals surface area contributed by atoms with Gasteiger partial charge in [0.25, 0.3) is 0 Å². The Kier molecular flexibility index (Phi) is 5.25. The Hall–Kier alpha value is -0.460. The first-order valence-electron chi connectivity index (χ1n) is 9.53. The summed E-state index contributed by atoms with van der Waals surface area (Å²) in [5.74, 6) is 0. The number of thiophene rings is 1. The van der Waals surface area contributed by atoms with Gasteiger partial charge in [-0.2, -0.15) is 11.3 Å². The molecule has 24 heavy (non-hydrogen) atoms. The van der Waals surface area contributed by atoms with Crippen molar-refractivity contribution in [2.24, 2.45) is 0 Å². The van der Waals surface area contributed by atoms with Crippen molar-refractivity contribution in [2.75, 3.05) is 52.9 Å². The Morgan fingerprint density at radius 2 is 2.04 bits per heavy atom. The van der Waals surface area contributed by atoms with Gasteiger partial charge in [0.2, 0.25) is 0 Å². The number of hydrogen-bond acceptors (Lipinski definition) is 5. The van der Waals surface area contributed by atoms with Crippen molar-refractivity contribution in [2.45, 2.75) is 43.9 Å². The normalized spacial score (nSPS) is 33.5. The zero-order chi connectivity index (χ0) is 16.4. The summed E-state index contributed by atoms with van der Waals surface area (Å²) < 4.78 is 6.72. The fourth-order valence-electron chi connectivity index (χ4n) is 4.57. The van der Waals surface area contributed by atoms with Gasteiger partial charge in [-0.25, -0.2) is 0 Å². The maximum absolute atomic E-state index is 6.72. The minimum Gasteiger partial charge on any atom is -0.369 e. The van der Waals surface area contributed by atoms with E-state index >= 15 is 0 Å². The van der Waals surface area contributed by atoms with Crippen molar-refractivity contribution in [3.8, 4) is 0 Å². The zero-order valence-electron chi connectivity index (χ0n) is 15.0. The molecule has 5 heteroatoms. The number of likely N-dealkylation sites (tertiary alicyclic amines) is 1. The lowest BCUT2D eigenvalue weighted by Crippen LogP contribution is -2.51. The molecule has 3 fully saturated rings. The minimum atomic E-state index is 0.144. The van der Waals surface area contributed by atoms with E-state index in [1.807, 2.05) is 0 Å². The molecule has 4 nitrogen and oxygen atoms in total. The number of hydrogen-bond donors (Lipinski definition) is 0. The third kappa shape index (κ3) is 4.02. The van der Waals surface area contributed by atoms with Gasteiger partial charge in [-0.1, -0.05) is 0 Å². The molecule has 0 saturated carbocycles. The highest BCUT2D eigenvalue weighted by atomic mass is 32.1. The molecule has 0 unspecified atom stereocenters. The number of piperazine rings is 1. The maximum atomic E-state index is 6.72. The quantitative estimate of drug-likeness (QED) is 0.831. The van der Waals surface area contributed by atoms with Crippen LogP contribution in [0.1, 0.15) is 31.2 Å². The predicted molar refractivity (Wildman–Crippen MR) is 99.6 cm³/mol. The molecule has 1 aromatic rings. The van der Waals surface area contributed by atoms with Crippen LogP contribution < -0.4 is 0 Å². The van der Waals surface area contributed by atoms with Gasteiger partial charge in [0.1, 0.15) is 0 Å². The highest BCUT2D eigenvalue weighted by molar-refractivity contribution is 7.07. The van der Waals surface area contributed by atoms with Crippen molar-refractivity contribution in [1.29, 1.82) is 0 Å². The summed E-state index contributed by atoms with van der Waals surface area (Å²) in [4.78, 5) is 7.64. The Balaban J connectivity index is 1.30. The third-order valence-electron chi connectivity index (χ3n) is 6.01. The van der Waals surface area contributed by atoms with Gasteiger partial charge in [-0.3, -0.25) is 9.80 Å². The first-order chi connectivity index (χ1) is 11.7. The van der Waals surface area contributed by atoms with E-state index in [0.717, 1.165) is 19.6 Å². The first-order valence-corrected chi connectivity index (χ1v) is 10.5. The van der Waals surface area contributed by atoms with E-state index in [2.05, 4.69) is 38.6 Å². The third-order valence-corrected chi connectivity index (χ3v) is 6.75. The number of rotatable bonds is 4. The Labute approximate surface area is 150 Å². The number of ether oxygens (including phenoxy) is 1. The highest BCUT2D eigenvalue weighted by Crippen LogP contribution is 2.37. The molecule has 134 valence electrons. The molecule has 0 radical (unpaired) electrons. The van der Waals surface area contributed by atoms with Crippen molar-refractivity contribution in [3.63, 3.8) is 0 Å². The van der Waals surface area contributed by atoms with Crippen LogP contribution in [0.25, 0.3) is 0 Å². The molecule has 0 aliphatic carbocycles. The van der Waals surface area contributed by atoms with Gasteiger partial charge in [0.05, 0.1) is 11.7 Å². The summed E-state index contributed by atoms with van der Waals surface area (Å²) in [7, 11) is 2.23. The summed E-state index contributed by atoms with van der Waals surface area (Å²) in [6, 6.07) is 2.26. The molecule has 3 aliphatic rings. The van der Waals surface area contributed by atoms with E-state index in [0.29, 0.717) is 6.10 Å². The molecular formula is C19H31N3OS. The van der Waals surface area contributed by atoms with Crippen LogP contribution >= 0.6 is 11.3 Å². The molecule has 4 heterocycles. The van der Waals surface area contributed by atoms with Crippen LogP contribution in [0.5, 0.6) is 0 Å². The minimum absolute atomic E-state index is 0.144. The summed E-state index contributed by atoms with van der Waals surface area (Å²) in [6.07, 6.45) is 5.51. The van der Waals surface area contributed by atoms with Crippen LogP contribution in [0.4, 0.5) is 0 Å². The summed E-state index contributed by atoms with van der Waals surface area (Å²) in [5.41, 5.74) is 1.60. The van der Waals surface area contributed by atoms with E-state index in [1.165, 1.54) is 64.0 Å². The second-order valence-corrected chi connectivity index (χ2v) is 8.79. The van der Waals surface area contributed by atoms with Crippen molar-refractivity contribution in [3.05, 3.63) is 22.4 Å². The monoisotopic (exact) mass is 349 g/mol. The van der Waals surface area contributed by atoms with Crippen molar-refractivity contribution < 1.29 is 4.74 Å². The van der Waals surface area contributed by atoms with E-state index < -0.39 is 0 Å². The molecule has 0 aromatic carbocycles. The molecule has 0 N–H and O–H groups in total. The summed E-state index contributed by atoms with van der Waals surface area (Å²) in [5, 5.41) is 4.47. The average Bonchev–Trinajstić information content (AvgIpc) is 3.21. The van der Waals surface area contributed by atoms with Gasteiger partial charge < -0.3 is 9.64 Å². The van der Waals surface area contributed by atoms with Crippen molar-refractivity contribution >= 4 is 11.3 Å². The fourth-order valence-corrected chi connectivity index (χ4v) is 5.23. The molecule has 0 bridgehead atoms. The Bertz CT molecular complexity index is 515. The Morgan fingerprint density at radius 3 is 2.83 bits per heavy atom. The van der Waals surface area contributed by atoms with Crippen LogP contribution in [0.15, 0.2) is 16.8 Å². The van der Waals surface area contributed by atoms with Gasteiger partial charge in [0.15, 0.2) is 0 Å². The van der Waals surface area contributed by atoms with Crippen LogP contribution in [0.2, 0.25) is 0 Å². The van der Waals surface area contributed by atoms with Gasteiger partial charge >= 0.3 is 0 Å². The average molecular weight is 350 g/mol. The van der Waals surface area contributed by atoms with E-state index in [4.69, 9.17) is 4.74 Å². The van der Waals surface area contributed by atoms with E-state index in [9.17, 15) is 0 Å². The second-order valence-electron chi connectivity index (χ2n) is 8.01. The second kappa shape index (κ2) is 7.42. The molecule has 4 rings (SSSR count).